The molecule has 19 heavy (non-hydrogen) atoms. The van der Waals surface area contributed by atoms with Gasteiger partial charge in [-0.1, -0.05) is 58.5 Å². The van der Waals surface area contributed by atoms with Gasteiger partial charge in [-0.25, -0.2) is 9.97 Å². The molecular formula is C14H13BrCl2N2. The molecule has 2 nitrogen and oxygen atoms in total. The standard InChI is InChI=1S/C14H13BrCl2N2/c1-3-4-10-12(16)18-14(19-13(10)17)9-6-5-8(2)7-11(9)15/h5-7H,3-4H2,1-2H3. The first kappa shape index (κ1) is 14.8. The van der Waals surface area contributed by atoms with Crippen LogP contribution >= 0.6 is 39.1 Å². The minimum atomic E-state index is 0.435. The van der Waals surface area contributed by atoms with Gasteiger partial charge in [-0.2, -0.15) is 0 Å². The third-order valence-corrected chi connectivity index (χ3v) is 4.05. The van der Waals surface area contributed by atoms with Crippen LogP contribution in [-0.4, -0.2) is 9.97 Å². The zero-order valence-corrected chi connectivity index (χ0v) is 13.8. The van der Waals surface area contributed by atoms with Gasteiger partial charge >= 0.3 is 0 Å². The van der Waals surface area contributed by atoms with Gasteiger partial charge in [-0.05, 0) is 31.0 Å². The molecule has 0 spiro atoms. The van der Waals surface area contributed by atoms with Crippen molar-refractivity contribution in [2.24, 2.45) is 0 Å². The number of aromatic nitrogens is 2. The molecule has 0 radical (unpaired) electrons. The van der Waals surface area contributed by atoms with Crippen LogP contribution in [0.1, 0.15) is 24.5 Å². The van der Waals surface area contributed by atoms with Crippen LogP contribution < -0.4 is 0 Å². The zero-order valence-electron chi connectivity index (χ0n) is 10.7. The van der Waals surface area contributed by atoms with Gasteiger partial charge in [-0.15, -0.1) is 0 Å². The van der Waals surface area contributed by atoms with Crippen molar-refractivity contribution in [1.82, 2.24) is 9.97 Å². The Morgan fingerprint density at radius 1 is 1.16 bits per heavy atom. The van der Waals surface area contributed by atoms with Gasteiger partial charge in [-0.3, -0.25) is 0 Å². The van der Waals surface area contributed by atoms with E-state index in [4.69, 9.17) is 23.2 Å². The smallest absolute Gasteiger partial charge is 0.163 e. The Balaban J connectivity index is 2.52. The first-order valence-corrected chi connectivity index (χ1v) is 7.56. The molecule has 1 heterocycles. The van der Waals surface area contributed by atoms with Crippen molar-refractivity contribution in [2.45, 2.75) is 26.7 Å². The Morgan fingerprint density at radius 2 is 1.79 bits per heavy atom. The number of nitrogens with zero attached hydrogens (tertiary/aromatic N) is 2. The van der Waals surface area contributed by atoms with Crippen molar-refractivity contribution in [3.63, 3.8) is 0 Å². The zero-order chi connectivity index (χ0) is 14.0. The number of aryl methyl sites for hydroxylation is 1. The summed E-state index contributed by atoms with van der Waals surface area (Å²) in [7, 11) is 0. The average molecular weight is 360 g/mol. The highest BCUT2D eigenvalue weighted by Crippen LogP contribution is 2.31. The largest absolute Gasteiger partial charge is 0.216 e. The predicted octanol–water partition coefficient (Wildman–Crippen LogP) is 5.47. The maximum absolute atomic E-state index is 6.20. The first-order valence-electron chi connectivity index (χ1n) is 6.01. The van der Waals surface area contributed by atoms with Crippen molar-refractivity contribution in [3.05, 3.63) is 44.1 Å². The van der Waals surface area contributed by atoms with Crippen LogP contribution in [0.5, 0.6) is 0 Å². The van der Waals surface area contributed by atoms with Gasteiger partial charge in [0.25, 0.3) is 0 Å². The molecule has 2 aromatic rings. The summed E-state index contributed by atoms with van der Waals surface area (Å²) >= 11 is 15.9. The fraction of sp³-hybridized carbons (Fsp3) is 0.286. The summed E-state index contributed by atoms with van der Waals surface area (Å²) in [4.78, 5) is 8.71. The van der Waals surface area contributed by atoms with Crippen molar-refractivity contribution in [3.8, 4) is 11.4 Å². The molecule has 0 aliphatic heterocycles. The van der Waals surface area contributed by atoms with Crippen LogP contribution in [0, 0.1) is 6.92 Å². The lowest BCUT2D eigenvalue weighted by Gasteiger charge is -2.09. The Labute approximate surface area is 131 Å². The second-order valence-corrected chi connectivity index (χ2v) is 5.91. The molecule has 2 rings (SSSR count). The van der Waals surface area contributed by atoms with Crippen LogP contribution in [0.3, 0.4) is 0 Å². The predicted molar refractivity (Wildman–Crippen MR) is 83.9 cm³/mol. The summed E-state index contributed by atoms with van der Waals surface area (Å²) in [5, 5.41) is 0.869. The van der Waals surface area contributed by atoms with E-state index >= 15 is 0 Å². The normalized spacial score (nSPS) is 10.8. The van der Waals surface area contributed by atoms with Gasteiger partial charge in [0.05, 0.1) is 0 Å². The fourth-order valence-corrected chi connectivity index (χ4v) is 3.06. The molecule has 1 aromatic heterocycles. The second-order valence-electron chi connectivity index (χ2n) is 4.34. The quantitative estimate of drug-likeness (QED) is 0.678. The SMILES string of the molecule is CCCc1c(Cl)nc(-c2ccc(C)cc2Br)nc1Cl. The van der Waals surface area contributed by atoms with Gasteiger partial charge in [0.15, 0.2) is 5.82 Å². The van der Waals surface area contributed by atoms with E-state index < -0.39 is 0 Å². The summed E-state index contributed by atoms with van der Waals surface area (Å²) in [6.07, 6.45) is 1.74. The number of hydrogen-bond acceptors (Lipinski definition) is 2. The van der Waals surface area contributed by atoms with Crippen LogP contribution in [0.2, 0.25) is 10.3 Å². The average Bonchev–Trinajstić information content (AvgIpc) is 2.33. The molecule has 100 valence electrons. The van der Waals surface area contributed by atoms with E-state index in [1.54, 1.807) is 0 Å². The minimum Gasteiger partial charge on any atom is -0.216 e. The summed E-state index contributed by atoms with van der Waals surface area (Å²) < 4.78 is 0.933. The highest BCUT2D eigenvalue weighted by Gasteiger charge is 2.13. The number of hydrogen-bond donors (Lipinski definition) is 0. The Bertz CT molecular complexity index is 591. The monoisotopic (exact) mass is 358 g/mol. The molecule has 0 amide bonds. The van der Waals surface area contributed by atoms with E-state index in [1.807, 2.05) is 25.1 Å². The highest BCUT2D eigenvalue weighted by molar-refractivity contribution is 9.10. The van der Waals surface area contributed by atoms with Crippen LogP contribution in [0.25, 0.3) is 11.4 Å². The van der Waals surface area contributed by atoms with Gasteiger partial charge in [0, 0.05) is 15.6 Å². The maximum Gasteiger partial charge on any atom is 0.163 e. The first-order chi connectivity index (χ1) is 9.02. The Hall–Kier alpha value is -0.640. The maximum atomic E-state index is 6.20. The van der Waals surface area contributed by atoms with E-state index in [2.05, 4.69) is 32.8 Å². The second kappa shape index (κ2) is 6.21. The molecular weight excluding hydrogens is 347 g/mol. The molecule has 0 unspecified atom stereocenters. The molecule has 1 aromatic carbocycles. The van der Waals surface area contributed by atoms with E-state index in [0.29, 0.717) is 16.1 Å². The van der Waals surface area contributed by atoms with Gasteiger partial charge in [0.1, 0.15) is 10.3 Å². The molecule has 0 atom stereocenters. The number of halogens is 3. The molecule has 0 aliphatic rings. The number of rotatable bonds is 3. The highest BCUT2D eigenvalue weighted by atomic mass is 79.9. The van der Waals surface area contributed by atoms with Crippen molar-refractivity contribution >= 4 is 39.1 Å². The van der Waals surface area contributed by atoms with E-state index in [9.17, 15) is 0 Å². The third-order valence-electron chi connectivity index (χ3n) is 2.77. The third kappa shape index (κ3) is 3.28. The molecule has 0 saturated carbocycles. The topological polar surface area (TPSA) is 25.8 Å². The van der Waals surface area contributed by atoms with Crippen molar-refractivity contribution < 1.29 is 0 Å². The summed E-state index contributed by atoms with van der Waals surface area (Å²) in [6, 6.07) is 5.98. The summed E-state index contributed by atoms with van der Waals surface area (Å²) in [6.45, 7) is 4.09. The molecule has 0 aliphatic carbocycles. The Kier molecular flexibility index (Phi) is 4.82. The minimum absolute atomic E-state index is 0.435. The van der Waals surface area contributed by atoms with Gasteiger partial charge < -0.3 is 0 Å². The van der Waals surface area contributed by atoms with Crippen LogP contribution in [0.15, 0.2) is 22.7 Å². The Morgan fingerprint density at radius 3 is 2.32 bits per heavy atom. The van der Waals surface area contributed by atoms with Crippen LogP contribution in [-0.2, 0) is 6.42 Å². The molecule has 0 fully saturated rings. The molecule has 5 heteroatoms. The molecule has 0 N–H and O–H groups in total. The van der Waals surface area contributed by atoms with Gasteiger partial charge in [0.2, 0.25) is 0 Å². The summed E-state index contributed by atoms with van der Waals surface area (Å²) in [5.41, 5.74) is 2.87. The fourth-order valence-electron chi connectivity index (χ4n) is 1.81. The van der Waals surface area contributed by atoms with Crippen molar-refractivity contribution in [1.29, 1.82) is 0 Å². The van der Waals surface area contributed by atoms with Crippen molar-refractivity contribution in [2.75, 3.05) is 0 Å². The summed E-state index contributed by atoms with van der Waals surface area (Å²) in [5.74, 6) is 0.543. The molecule has 0 bridgehead atoms. The lowest BCUT2D eigenvalue weighted by atomic mass is 10.1. The molecule has 0 saturated heterocycles. The number of benzene rings is 1. The lowest BCUT2D eigenvalue weighted by molar-refractivity contribution is 0.903. The van der Waals surface area contributed by atoms with Crippen LogP contribution in [0.4, 0.5) is 0 Å². The van der Waals surface area contributed by atoms with E-state index in [-0.39, 0.29) is 0 Å². The van der Waals surface area contributed by atoms with E-state index in [0.717, 1.165) is 34.0 Å². The van der Waals surface area contributed by atoms with E-state index in [1.165, 1.54) is 0 Å². The lowest BCUT2D eigenvalue weighted by Crippen LogP contribution is -1.98.